The minimum absolute atomic E-state index is 0.205. The van der Waals surface area contributed by atoms with E-state index in [-0.39, 0.29) is 6.56 Å². The SMILES string of the molecule is S=[PH2]SN1CCCCC1. The molecule has 0 aliphatic carbocycles. The summed E-state index contributed by atoms with van der Waals surface area (Å²) in [7, 11) is 0. The smallest absolute Gasteiger partial charge is 0.00925 e. The van der Waals surface area contributed by atoms with Crippen LogP contribution in [0.15, 0.2) is 0 Å². The summed E-state index contributed by atoms with van der Waals surface area (Å²) in [5, 5.41) is 0. The van der Waals surface area contributed by atoms with Gasteiger partial charge in [-0.15, -0.1) is 0 Å². The molecule has 0 bridgehead atoms. The van der Waals surface area contributed by atoms with Crippen molar-refractivity contribution in [2.75, 3.05) is 13.1 Å². The molecule has 0 N–H and O–H groups in total. The normalized spacial score (nSPS) is 23.6. The largest absolute Gasteiger partial charge is 0.247 e. The third-order valence-corrected chi connectivity index (χ3v) is 4.18. The zero-order valence-electron chi connectivity index (χ0n) is 5.38. The van der Waals surface area contributed by atoms with Crippen LogP contribution in [0.4, 0.5) is 0 Å². The number of nitrogens with zero attached hydrogens (tertiary/aromatic N) is 1. The molecular weight excluding hydrogens is 169 g/mol. The molecule has 0 aromatic heterocycles. The summed E-state index contributed by atoms with van der Waals surface area (Å²) in [6.45, 7) is 2.75. The van der Waals surface area contributed by atoms with Gasteiger partial charge in [-0.2, -0.15) is 0 Å². The molecule has 0 spiro atoms. The Morgan fingerprint density at radius 3 is 2.44 bits per heavy atom. The third kappa shape index (κ3) is 3.03. The molecule has 1 rings (SSSR count). The summed E-state index contributed by atoms with van der Waals surface area (Å²) in [6.07, 6.45) is 4.17. The quantitative estimate of drug-likeness (QED) is 0.473. The van der Waals surface area contributed by atoms with Crippen LogP contribution in [-0.2, 0) is 11.8 Å². The Hall–Kier alpha value is 0.960. The van der Waals surface area contributed by atoms with Crippen molar-refractivity contribution < 1.29 is 0 Å². The molecule has 9 heavy (non-hydrogen) atoms. The highest BCUT2D eigenvalue weighted by molar-refractivity contribution is 8.56. The number of hydrogen-bond acceptors (Lipinski definition) is 3. The Balaban J connectivity index is 2.15. The zero-order chi connectivity index (χ0) is 6.53. The fourth-order valence-corrected chi connectivity index (χ4v) is 3.71. The first-order valence-corrected chi connectivity index (χ1v) is 7.42. The number of piperidine rings is 1. The Morgan fingerprint density at radius 2 is 1.89 bits per heavy atom. The van der Waals surface area contributed by atoms with E-state index in [9.17, 15) is 0 Å². The summed E-state index contributed by atoms with van der Waals surface area (Å²) in [5.74, 6) is 0. The van der Waals surface area contributed by atoms with E-state index in [0.717, 1.165) is 0 Å². The minimum Gasteiger partial charge on any atom is -0.247 e. The molecule has 4 heteroatoms. The predicted octanol–water partition coefficient (Wildman–Crippen LogP) is 1.91. The van der Waals surface area contributed by atoms with Gasteiger partial charge in [0, 0.05) is 13.1 Å². The highest BCUT2D eigenvalue weighted by atomic mass is 32.9. The monoisotopic (exact) mass is 181 g/mol. The third-order valence-electron chi connectivity index (χ3n) is 1.51. The van der Waals surface area contributed by atoms with Crippen LogP contribution in [0.1, 0.15) is 19.3 Å². The molecule has 1 atom stereocenters. The Bertz CT molecular complexity index is 93.0. The van der Waals surface area contributed by atoms with Crippen molar-refractivity contribution in [2.45, 2.75) is 19.3 Å². The summed E-state index contributed by atoms with van der Waals surface area (Å²) in [6, 6.07) is 0. The molecule has 1 heterocycles. The topological polar surface area (TPSA) is 3.24 Å². The minimum atomic E-state index is 0.205. The summed E-state index contributed by atoms with van der Waals surface area (Å²) < 4.78 is 2.42. The highest BCUT2D eigenvalue weighted by Gasteiger charge is 2.07. The molecule has 1 saturated heterocycles. The van der Waals surface area contributed by atoms with Gasteiger partial charge in [-0.3, -0.25) is 0 Å². The van der Waals surface area contributed by atoms with Crippen molar-refractivity contribution in [3.05, 3.63) is 0 Å². The van der Waals surface area contributed by atoms with Crippen LogP contribution < -0.4 is 0 Å². The lowest BCUT2D eigenvalue weighted by atomic mass is 10.2. The molecule has 0 amide bonds. The second-order valence-electron chi connectivity index (χ2n) is 2.19. The van der Waals surface area contributed by atoms with Crippen molar-refractivity contribution in [3.63, 3.8) is 0 Å². The van der Waals surface area contributed by atoms with Gasteiger partial charge in [-0.1, -0.05) is 18.2 Å². The first-order valence-electron chi connectivity index (χ1n) is 3.29. The van der Waals surface area contributed by atoms with Gasteiger partial charge in [0.15, 0.2) is 0 Å². The molecule has 0 aromatic carbocycles. The maximum absolute atomic E-state index is 4.94. The molecular formula is C5H12NPS2. The van der Waals surface area contributed by atoms with Crippen molar-refractivity contribution in [3.8, 4) is 0 Å². The van der Waals surface area contributed by atoms with Crippen molar-refractivity contribution in [1.29, 1.82) is 0 Å². The molecule has 0 aromatic rings. The second-order valence-corrected chi connectivity index (χ2v) is 6.05. The van der Waals surface area contributed by atoms with Gasteiger partial charge >= 0.3 is 0 Å². The van der Waals surface area contributed by atoms with Gasteiger partial charge in [0.1, 0.15) is 0 Å². The van der Waals surface area contributed by atoms with Crippen LogP contribution >= 0.6 is 18.1 Å². The lowest BCUT2D eigenvalue weighted by Gasteiger charge is -2.22. The summed E-state index contributed by atoms with van der Waals surface area (Å²) >= 11 is 6.82. The van der Waals surface area contributed by atoms with E-state index >= 15 is 0 Å². The van der Waals surface area contributed by atoms with Gasteiger partial charge in [-0.05, 0) is 31.0 Å². The number of rotatable bonds is 2. The zero-order valence-corrected chi connectivity index (χ0v) is 8.16. The lowest BCUT2D eigenvalue weighted by Crippen LogP contribution is -2.21. The number of hydrogen-bond donors (Lipinski definition) is 0. The van der Waals surface area contributed by atoms with Crippen LogP contribution in [0.2, 0.25) is 0 Å². The molecule has 54 valence electrons. The van der Waals surface area contributed by atoms with E-state index in [0.29, 0.717) is 0 Å². The fraction of sp³-hybridized carbons (Fsp3) is 1.00. The first-order chi connectivity index (χ1) is 4.43. The predicted molar refractivity (Wildman–Crippen MR) is 50.1 cm³/mol. The van der Waals surface area contributed by atoms with Gasteiger partial charge in [0.05, 0.1) is 0 Å². The molecule has 1 nitrogen and oxygen atoms in total. The van der Waals surface area contributed by atoms with Crippen molar-refractivity contribution in [2.24, 2.45) is 0 Å². The molecule has 1 aliphatic heterocycles. The van der Waals surface area contributed by atoms with Gasteiger partial charge in [-0.25, -0.2) is 4.31 Å². The van der Waals surface area contributed by atoms with E-state index < -0.39 is 0 Å². The Labute approximate surface area is 66.9 Å². The molecule has 1 aliphatic rings. The van der Waals surface area contributed by atoms with Crippen molar-refractivity contribution in [1.82, 2.24) is 4.31 Å². The van der Waals surface area contributed by atoms with Crippen molar-refractivity contribution >= 4 is 29.9 Å². The van der Waals surface area contributed by atoms with E-state index in [1.165, 1.54) is 32.4 Å². The van der Waals surface area contributed by atoms with E-state index in [1.807, 2.05) is 11.6 Å². The first kappa shape index (κ1) is 8.06. The van der Waals surface area contributed by atoms with Crippen LogP contribution in [-0.4, -0.2) is 17.4 Å². The molecule has 0 saturated carbocycles. The average Bonchev–Trinajstić information content (AvgIpc) is 1.91. The fourth-order valence-electron chi connectivity index (χ4n) is 1.03. The van der Waals surface area contributed by atoms with Gasteiger partial charge < -0.3 is 0 Å². The summed E-state index contributed by atoms with van der Waals surface area (Å²) in [5.41, 5.74) is 0. The standard InChI is InChI=1S/C5H12NPS2/c8-7-9-6-4-2-1-3-5-6/h1-5,7H2. The maximum atomic E-state index is 4.94. The molecule has 1 fully saturated rings. The van der Waals surface area contributed by atoms with Crippen LogP contribution in [0.5, 0.6) is 0 Å². The maximum Gasteiger partial charge on any atom is 0.00925 e. The summed E-state index contributed by atoms with van der Waals surface area (Å²) in [4.78, 5) is 0. The van der Waals surface area contributed by atoms with Gasteiger partial charge in [0.2, 0.25) is 0 Å². The second kappa shape index (κ2) is 4.73. The van der Waals surface area contributed by atoms with E-state index in [4.69, 9.17) is 11.8 Å². The molecule has 1 unspecified atom stereocenters. The van der Waals surface area contributed by atoms with E-state index in [2.05, 4.69) is 4.31 Å². The van der Waals surface area contributed by atoms with Crippen LogP contribution in [0.3, 0.4) is 0 Å². The van der Waals surface area contributed by atoms with Crippen LogP contribution in [0, 0.1) is 0 Å². The highest BCUT2D eigenvalue weighted by Crippen LogP contribution is 2.26. The molecule has 0 radical (unpaired) electrons. The van der Waals surface area contributed by atoms with Crippen LogP contribution in [0.25, 0.3) is 0 Å². The lowest BCUT2D eigenvalue weighted by molar-refractivity contribution is 0.383. The Morgan fingerprint density at radius 1 is 1.22 bits per heavy atom. The average molecular weight is 181 g/mol. The van der Waals surface area contributed by atoms with Gasteiger partial charge in [0.25, 0.3) is 0 Å². The Kier molecular flexibility index (Phi) is 4.23. The van der Waals surface area contributed by atoms with E-state index in [1.54, 1.807) is 0 Å².